The normalized spacial score (nSPS) is 22.7. The Morgan fingerprint density at radius 2 is 1.95 bits per heavy atom. The Morgan fingerprint density at radius 3 is 2.70 bits per heavy atom. The van der Waals surface area contributed by atoms with Crippen molar-refractivity contribution in [3.8, 4) is 0 Å². The van der Waals surface area contributed by atoms with E-state index in [1.165, 1.54) is 16.7 Å². The molecule has 1 aliphatic rings. The zero-order chi connectivity index (χ0) is 13.9. The minimum absolute atomic E-state index is 0.174. The third kappa shape index (κ3) is 2.59. The Hall–Kier alpha value is -1.74. The van der Waals surface area contributed by atoms with E-state index in [1.54, 1.807) is 12.1 Å². The van der Waals surface area contributed by atoms with Gasteiger partial charge in [0, 0.05) is 24.9 Å². The van der Waals surface area contributed by atoms with Crippen LogP contribution < -0.4 is 5.32 Å². The second-order valence-corrected chi connectivity index (χ2v) is 5.49. The molecule has 3 heteroatoms. The number of aryl methyl sites for hydroxylation is 1. The lowest BCUT2D eigenvalue weighted by Crippen LogP contribution is -2.34. The molecule has 0 radical (unpaired) electrons. The van der Waals surface area contributed by atoms with E-state index in [0.29, 0.717) is 11.8 Å². The SMILES string of the molecule is Cc1ccncc1C1CCNCC1c1ccc(F)cc1. The van der Waals surface area contributed by atoms with Crippen LogP contribution in [0.1, 0.15) is 34.9 Å². The predicted octanol–water partition coefficient (Wildman–Crippen LogP) is 3.39. The van der Waals surface area contributed by atoms with Crippen molar-refractivity contribution in [2.45, 2.75) is 25.2 Å². The Labute approximate surface area is 119 Å². The highest BCUT2D eigenvalue weighted by molar-refractivity contribution is 5.33. The number of hydrogen-bond donors (Lipinski definition) is 1. The molecule has 1 aliphatic heterocycles. The first-order chi connectivity index (χ1) is 9.75. The molecule has 104 valence electrons. The molecule has 1 aromatic heterocycles. The van der Waals surface area contributed by atoms with Gasteiger partial charge in [-0.25, -0.2) is 4.39 Å². The molecule has 1 fully saturated rings. The summed E-state index contributed by atoms with van der Waals surface area (Å²) in [6.45, 7) is 4.10. The average molecular weight is 270 g/mol. The number of benzene rings is 1. The van der Waals surface area contributed by atoms with Crippen LogP contribution in [0.3, 0.4) is 0 Å². The number of rotatable bonds is 2. The highest BCUT2D eigenvalue weighted by atomic mass is 19.1. The molecule has 20 heavy (non-hydrogen) atoms. The van der Waals surface area contributed by atoms with E-state index in [0.717, 1.165) is 19.5 Å². The van der Waals surface area contributed by atoms with Crippen molar-refractivity contribution in [1.82, 2.24) is 10.3 Å². The van der Waals surface area contributed by atoms with E-state index >= 15 is 0 Å². The van der Waals surface area contributed by atoms with Gasteiger partial charge in [0.1, 0.15) is 5.82 Å². The molecule has 2 unspecified atom stereocenters. The van der Waals surface area contributed by atoms with E-state index in [1.807, 2.05) is 24.5 Å². The highest BCUT2D eigenvalue weighted by Gasteiger charge is 2.28. The third-order valence-electron chi connectivity index (χ3n) is 4.26. The Bertz CT molecular complexity index is 580. The van der Waals surface area contributed by atoms with Crippen molar-refractivity contribution in [3.05, 3.63) is 65.2 Å². The van der Waals surface area contributed by atoms with Gasteiger partial charge < -0.3 is 5.32 Å². The molecule has 0 spiro atoms. The first kappa shape index (κ1) is 13.3. The first-order valence-corrected chi connectivity index (χ1v) is 7.12. The van der Waals surface area contributed by atoms with Crippen molar-refractivity contribution >= 4 is 0 Å². The number of piperidine rings is 1. The standard InChI is InChI=1S/C17H19FN2/c1-12-6-8-19-10-16(12)15-7-9-20-11-17(15)13-2-4-14(18)5-3-13/h2-6,8,10,15,17,20H,7,9,11H2,1H3. The number of nitrogens with zero attached hydrogens (tertiary/aromatic N) is 1. The van der Waals surface area contributed by atoms with Crippen molar-refractivity contribution in [2.75, 3.05) is 13.1 Å². The second kappa shape index (κ2) is 5.71. The second-order valence-electron chi connectivity index (χ2n) is 5.49. The van der Waals surface area contributed by atoms with Gasteiger partial charge in [-0.2, -0.15) is 0 Å². The molecule has 1 N–H and O–H groups in total. The number of halogens is 1. The van der Waals surface area contributed by atoms with E-state index in [9.17, 15) is 4.39 Å². The molecular formula is C17H19FN2. The lowest BCUT2D eigenvalue weighted by Gasteiger charge is -2.33. The molecule has 0 aliphatic carbocycles. The van der Waals surface area contributed by atoms with Gasteiger partial charge in [0.2, 0.25) is 0 Å². The maximum Gasteiger partial charge on any atom is 0.123 e. The molecule has 2 atom stereocenters. The van der Waals surface area contributed by atoms with E-state index in [-0.39, 0.29) is 5.82 Å². The maximum atomic E-state index is 13.1. The molecule has 1 aromatic carbocycles. The van der Waals surface area contributed by atoms with Gasteiger partial charge in [-0.15, -0.1) is 0 Å². The zero-order valence-electron chi connectivity index (χ0n) is 11.6. The Balaban J connectivity index is 1.95. The van der Waals surface area contributed by atoms with Gasteiger partial charge in [-0.1, -0.05) is 12.1 Å². The Kier molecular flexibility index (Phi) is 3.79. The smallest absolute Gasteiger partial charge is 0.123 e. The van der Waals surface area contributed by atoms with Gasteiger partial charge in [0.25, 0.3) is 0 Å². The van der Waals surface area contributed by atoms with Crippen molar-refractivity contribution < 1.29 is 4.39 Å². The van der Waals surface area contributed by atoms with E-state index < -0.39 is 0 Å². The summed E-state index contributed by atoms with van der Waals surface area (Å²) in [4.78, 5) is 4.28. The van der Waals surface area contributed by atoms with Crippen LogP contribution in [0.2, 0.25) is 0 Å². The predicted molar refractivity (Wildman–Crippen MR) is 78.3 cm³/mol. The highest BCUT2D eigenvalue weighted by Crippen LogP contribution is 2.38. The van der Waals surface area contributed by atoms with E-state index in [2.05, 4.69) is 23.3 Å². The molecule has 1 saturated heterocycles. The third-order valence-corrected chi connectivity index (χ3v) is 4.26. The fourth-order valence-corrected chi connectivity index (χ4v) is 3.16. The summed E-state index contributed by atoms with van der Waals surface area (Å²) >= 11 is 0. The molecule has 3 rings (SSSR count). The summed E-state index contributed by atoms with van der Waals surface area (Å²) < 4.78 is 13.1. The van der Waals surface area contributed by atoms with Crippen LogP contribution in [-0.4, -0.2) is 18.1 Å². The summed E-state index contributed by atoms with van der Waals surface area (Å²) in [7, 11) is 0. The number of aromatic nitrogens is 1. The van der Waals surface area contributed by atoms with Gasteiger partial charge in [-0.3, -0.25) is 4.98 Å². The molecule has 0 amide bonds. The van der Waals surface area contributed by atoms with Crippen LogP contribution in [0, 0.1) is 12.7 Å². The fourth-order valence-electron chi connectivity index (χ4n) is 3.16. The van der Waals surface area contributed by atoms with Gasteiger partial charge in [0.15, 0.2) is 0 Å². The first-order valence-electron chi connectivity index (χ1n) is 7.12. The van der Waals surface area contributed by atoms with Crippen LogP contribution in [0.5, 0.6) is 0 Å². The van der Waals surface area contributed by atoms with Crippen molar-refractivity contribution in [1.29, 1.82) is 0 Å². The summed E-state index contributed by atoms with van der Waals surface area (Å²) in [5.74, 6) is 0.661. The van der Waals surface area contributed by atoms with Gasteiger partial charge >= 0.3 is 0 Å². The molecular weight excluding hydrogens is 251 g/mol. The molecule has 2 aromatic rings. The summed E-state index contributed by atoms with van der Waals surface area (Å²) in [5, 5.41) is 3.45. The van der Waals surface area contributed by atoms with Crippen LogP contribution >= 0.6 is 0 Å². The van der Waals surface area contributed by atoms with E-state index in [4.69, 9.17) is 0 Å². The Morgan fingerprint density at radius 1 is 1.15 bits per heavy atom. The van der Waals surface area contributed by atoms with Crippen molar-refractivity contribution in [3.63, 3.8) is 0 Å². The zero-order valence-corrected chi connectivity index (χ0v) is 11.6. The lowest BCUT2D eigenvalue weighted by atomic mass is 9.77. The van der Waals surface area contributed by atoms with Crippen molar-refractivity contribution in [2.24, 2.45) is 0 Å². The van der Waals surface area contributed by atoms with Gasteiger partial charge in [0.05, 0.1) is 0 Å². The molecule has 0 bridgehead atoms. The minimum Gasteiger partial charge on any atom is -0.316 e. The minimum atomic E-state index is -0.174. The monoisotopic (exact) mass is 270 g/mol. The molecule has 2 heterocycles. The van der Waals surface area contributed by atoms with Gasteiger partial charge in [-0.05, 0) is 60.7 Å². The molecule has 2 nitrogen and oxygen atoms in total. The maximum absolute atomic E-state index is 13.1. The average Bonchev–Trinajstić information content (AvgIpc) is 2.49. The largest absolute Gasteiger partial charge is 0.316 e. The number of nitrogens with one attached hydrogen (secondary N) is 1. The van der Waals surface area contributed by atoms with Crippen LogP contribution in [0.25, 0.3) is 0 Å². The van der Waals surface area contributed by atoms with Crippen LogP contribution in [0.4, 0.5) is 4.39 Å². The van der Waals surface area contributed by atoms with Crippen LogP contribution in [0.15, 0.2) is 42.7 Å². The summed E-state index contributed by atoms with van der Waals surface area (Å²) in [6, 6.07) is 8.99. The number of pyridine rings is 1. The lowest BCUT2D eigenvalue weighted by molar-refractivity contribution is 0.402. The van der Waals surface area contributed by atoms with Crippen LogP contribution in [-0.2, 0) is 0 Å². The summed E-state index contributed by atoms with van der Waals surface area (Å²) in [5.41, 5.74) is 3.81. The molecule has 0 saturated carbocycles. The fraction of sp³-hybridized carbons (Fsp3) is 0.353. The summed E-state index contributed by atoms with van der Waals surface area (Å²) in [6.07, 6.45) is 4.92. The number of hydrogen-bond acceptors (Lipinski definition) is 2. The topological polar surface area (TPSA) is 24.9 Å². The quantitative estimate of drug-likeness (QED) is 0.904.